The molecule has 1 fully saturated rings. The average molecular weight is 205 g/mol. The highest BCUT2D eigenvalue weighted by atomic mass is 15.3. The zero-order chi connectivity index (χ0) is 10.8. The van der Waals surface area contributed by atoms with Gasteiger partial charge in [-0.1, -0.05) is 6.92 Å². The van der Waals surface area contributed by atoms with Crippen molar-refractivity contribution >= 4 is 11.5 Å². The van der Waals surface area contributed by atoms with Gasteiger partial charge in [0.2, 0.25) is 0 Å². The molecule has 0 aliphatic carbocycles. The Morgan fingerprint density at radius 2 is 2.33 bits per heavy atom. The van der Waals surface area contributed by atoms with Gasteiger partial charge in [0.25, 0.3) is 0 Å². The molecular formula is C12H19N3. The molecule has 2 N–H and O–H groups in total. The van der Waals surface area contributed by atoms with E-state index in [2.05, 4.69) is 23.7 Å². The van der Waals surface area contributed by atoms with Gasteiger partial charge in [0.05, 0.1) is 0 Å². The molecule has 1 aliphatic heterocycles. The van der Waals surface area contributed by atoms with Crippen molar-refractivity contribution < 1.29 is 0 Å². The van der Waals surface area contributed by atoms with Crippen LogP contribution in [0.2, 0.25) is 0 Å². The van der Waals surface area contributed by atoms with Gasteiger partial charge in [-0.3, -0.25) is 0 Å². The lowest BCUT2D eigenvalue weighted by atomic mass is 10.1. The van der Waals surface area contributed by atoms with Crippen molar-refractivity contribution in [2.45, 2.75) is 45.2 Å². The Hall–Kier alpha value is -1.25. The first-order valence-corrected chi connectivity index (χ1v) is 5.72. The number of hydrogen-bond acceptors (Lipinski definition) is 3. The third-order valence-electron chi connectivity index (χ3n) is 3.29. The van der Waals surface area contributed by atoms with E-state index in [0.717, 1.165) is 11.5 Å². The van der Waals surface area contributed by atoms with Gasteiger partial charge in [0.15, 0.2) is 0 Å². The third-order valence-corrected chi connectivity index (χ3v) is 3.29. The molecule has 2 heterocycles. The Balaban J connectivity index is 2.28. The molecule has 1 saturated heterocycles. The van der Waals surface area contributed by atoms with E-state index in [1.54, 1.807) is 6.20 Å². The molecule has 3 heteroatoms. The molecule has 0 saturated carbocycles. The predicted octanol–water partition coefficient (Wildman–Crippen LogP) is 2.43. The van der Waals surface area contributed by atoms with Crippen molar-refractivity contribution in [2.75, 3.05) is 10.6 Å². The summed E-state index contributed by atoms with van der Waals surface area (Å²) >= 11 is 0. The molecular weight excluding hydrogens is 186 g/mol. The van der Waals surface area contributed by atoms with Crippen LogP contribution < -0.4 is 10.6 Å². The quantitative estimate of drug-likeness (QED) is 0.806. The van der Waals surface area contributed by atoms with Crippen LogP contribution in [-0.2, 0) is 0 Å². The first-order valence-electron chi connectivity index (χ1n) is 5.72. The van der Waals surface area contributed by atoms with Gasteiger partial charge in [0.1, 0.15) is 5.82 Å². The number of hydrogen-bond donors (Lipinski definition) is 1. The second kappa shape index (κ2) is 4.09. The van der Waals surface area contributed by atoms with Crippen molar-refractivity contribution in [3.05, 3.63) is 18.3 Å². The van der Waals surface area contributed by atoms with E-state index < -0.39 is 0 Å². The summed E-state index contributed by atoms with van der Waals surface area (Å²) in [5, 5.41) is 0. The summed E-state index contributed by atoms with van der Waals surface area (Å²) < 4.78 is 0. The minimum atomic E-state index is 0.587. The molecule has 0 aromatic carbocycles. The van der Waals surface area contributed by atoms with Crippen LogP contribution in [0.25, 0.3) is 0 Å². The van der Waals surface area contributed by atoms with Crippen molar-refractivity contribution in [2.24, 2.45) is 0 Å². The number of nitrogen functional groups attached to an aromatic ring is 1. The molecule has 1 aromatic rings. The second-order valence-electron chi connectivity index (χ2n) is 4.34. The SMILES string of the molecule is CCC1CCC(C)N1c1cc(N)ccn1. The van der Waals surface area contributed by atoms with E-state index in [0.29, 0.717) is 12.1 Å². The average Bonchev–Trinajstić information content (AvgIpc) is 2.59. The number of anilines is 2. The number of nitrogens with zero attached hydrogens (tertiary/aromatic N) is 2. The topological polar surface area (TPSA) is 42.1 Å². The summed E-state index contributed by atoms with van der Waals surface area (Å²) in [6, 6.07) is 5.04. The summed E-state index contributed by atoms with van der Waals surface area (Å²) in [7, 11) is 0. The van der Waals surface area contributed by atoms with E-state index in [4.69, 9.17) is 5.73 Å². The van der Waals surface area contributed by atoms with E-state index in [1.807, 2.05) is 12.1 Å². The van der Waals surface area contributed by atoms with Gasteiger partial charge < -0.3 is 10.6 Å². The molecule has 82 valence electrons. The molecule has 15 heavy (non-hydrogen) atoms. The Kier molecular flexibility index (Phi) is 2.80. The van der Waals surface area contributed by atoms with E-state index >= 15 is 0 Å². The number of nitrogens with two attached hydrogens (primary N) is 1. The van der Waals surface area contributed by atoms with Crippen LogP contribution in [0.1, 0.15) is 33.1 Å². The van der Waals surface area contributed by atoms with Gasteiger partial charge in [-0.25, -0.2) is 4.98 Å². The van der Waals surface area contributed by atoms with E-state index in [-0.39, 0.29) is 0 Å². The van der Waals surface area contributed by atoms with Crippen molar-refractivity contribution in [1.82, 2.24) is 4.98 Å². The van der Waals surface area contributed by atoms with Crippen molar-refractivity contribution in [3.8, 4) is 0 Å². The number of rotatable bonds is 2. The molecule has 0 amide bonds. The number of aromatic nitrogens is 1. The summed E-state index contributed by atoms with van der Waals surface area (Å²) in [5.41, 5.74) is 6.59. The lowest BCUT2D eigenvalue weighted by Gasteiger charge is -2.29. The summed E-state index contributed by atoms with van der Waals surface area (Å²) in [4.78, 5) is 6.83. The van der Waals surface area contributed by atoms with Gasteiger partial charge >= 0.3 is 0 Å². The normalized spacial score (nSPS) is 25.9. The van der Waals surface area contributed by atoms with Gasteiger partial charge in [0, 0.05) is 30.0 Å². The highest BCUT2D eigenvalue weighted by Gasteiger charge is 2.30. The zero-order valence-corrected chi connectivity index (χ0v) is 9.48. The van der Waals surface area contributed by atoms with Crippen molar-refractivity contribution in [1.29, 1.82) is 0 Å². The van der Waals surface area contributed by atoms with Crippen molar-refractivity contribution in [3.63, 3.8) is 0 Å². The molecule has 1 aromatic heterocycles. The van der Waals surface area contributed by atoms with E-state index in [9.17, 15) is 0 Å². The third kappa shape index (κ3) is 1.91. The Bertz CT molecular complexity index is 337. The van der Waals surface area contributed by atoms with E-state index in [1.165, 1.54) is 19.3 Å². The van der Waals surface area contributed by atoms with Crippen LogP contribution in [0.4, 0.5) is 11.5 Å². The van der Waals surface area contributed by atoms with Crippen LogP contribution in [0.5, 0.6) is 0 Å². The number of pyridine rings is 1. The maximum Gasteiger partial charge on any atom is 0.131 e. The van der Waals surface area contributed by atoms with Crippen LogP contribution >= 0.6 is 0 Å². The molecule has 0 spiro atoms. The Labute approximate surface area is 91.3 Å². The standard InChI is InChI=1S/C12H19N3/c1-3-11-5-4-9(2)15(11)12-8-10(13)6-7-14-12/h6-9,11H,3-5H2,1-2H3,(H2,13,14). The van der Waals surface area contributed by atoms with Crippen LogP contribution in [0.15, 0.2) is 18.3 Å². The molecule has 2 unspecified atom stereocenters. The second-order valence-corrected chi connectivity index (χ2v) is 4.34. The predicted molar refractivity (Wildman–Crippen MR) is 63.9 cm³/mol. The smallest absolute Gasteiger partial charge is 0.131 e. The van der Waals surface area contributed by atoms with Gasteiger partial charge in [-0.15, -0.1) is 0 Å². The maximum absolute atomic E-state index is 5.79. The molecule has 0 bridgehead atoms. The molecule has 2 atom stereocenters. The summed E-state index contributed by atoms with van der Waals surface area (Å²) in [5.74, 6) is 1.03. The molecule has 1 aliphatic rings. The maximum atomic E-state index is 5.79. The fourth-order valence-corrected chi connectivity index (χ4v) is 2.46. The monoisotopic (exact) mass is 205 g/mol. The fraction of sp³-hybridized carbons (Fsp3) is 0.583. The lowest BCUT2D eigenvalue weighted by Crippen LogP contribution is -2.34. The highest BCUT2D eigenvalue weighted by molar-refractivity contribution is 5.52. The van der Waals surface area contributed by atoms with Crippen LogP contribution in [-0.4, -0.2) is 17.1 Å². The molecule has 2 rings (SSSR count). The first kappa shape index (κ1) is 10.3. The van der Waals surface area contributed by atoms with Crippen LogP contribution in [0.3, 0.4) is 0 Å². The minimum absolute atomic E-state index is 0.587. The minimum Gasteiger partial charge on any atom is -0.399 e. The Morgan fingerprint density at radius 1 is 1.53 bits per heavy atom. The largest absolute Gasteiger partial charge is 0.399 e. The van der Waals surface area contributed by atoms with Gasteiger partial charge in [-0.05, 0) is 32.3 Å². The molecule has 0 radical (unpaired) electrons. The zero-order valence-electron chi connectivity index (χ0n) is 9.48. The lowest BCUT2D eigenvalue weighted by molar-refractivity contribution is 0.621. The highest BCUT2D eigenvalue weighted by Crippen LogP contribution is 2.31. The fourth-order valence-electron chi connectivity index (χ4n) is 2.46. The van der Waals surface area contributed by atoms with Crippen LogP contribution in [0, 0.1) is 0 Å². The Morgan fingerprint density at radius 3 is 3.00 bits per heavy atom. The summed E-state index contributed by atoms with van der Waals surface area (Å²) in [6.07, 6.45) is 5.51. The first-order chi connectivity index (χ1) is 7.22. The summed E-state index contributed by atoms with van der Waals surface area (Å²) in [6.45, 7) is 4.50. The molecule has 3 nitrogen and oxygen atoms in total. The van der Waals surface area contributed by atoms with Gasteiger partial charge in [-0.2, -0.15) is 0 Å².